The van der Waals surface area contributed by atoms with Crippen LogP contribution in [-0.2, 0) is 0 Å². The molecule has 128 valence electrons. The maximum Gasteiger partial charge on any atom is 0.200 e. The maximum atomic E-state index is 12.4. The summed E-state index contributed by atoms with van der Waals surface area (Å²) in [6.45, 7) is 0. The molecule has 0 N–H and O–H groups in total. The van der Waals surface area contributed by atoms with Gasteiger partial charge in [-0.15, -0.1) is 0 Å². The van der Waals surface area contributed by atoms with Gasteiger partial charge in [0.1, 0.15) is 11.5 Å². The molecule has 2 heterocycles. The smallest absolute Gasteiger partial charge is 0.200 e. The van der Waals surface area contributed by atoms with Gasteiger partial charge in [0.15, 0.2) is 0 Å². The van der Waals surface area contributed by atoms with Crippen molar-refractivity contribution in [1.29, 1.82) is 0 Å². The van der Waals surface area contributed by atoms with E-state index in [0.29, 0.717) is 32.6 Å². The number of carbonyl (C=O) groups is 2. The van der Waals surface area contributed by atoms with Gasteiger partial charge in [-0.05, 0) is 48.5 Å². The molecule has 4 rings (SSSR count). The Morgan fingerprint density at radius 3 is 2.65 bits per heavy atom. The van der Waals surface area contributed by atoms with Crippen molar-refractivity contribution in [3.8, 4) is 11.3 Å². The first-order chi connectivity index (χ1) is 12.5. The second kappa shape index (κ2) is 6.52. The van der Waals surface area contributed by atoms with Gasteiger partial charge in [0.05, 0.1) is 10.9 Å². The monoisotopic (exact) mass is 381 g/mol. The first-order valence-corrected chi connectivity index (χ1v) is 8.87. The number of fused-ring (bicyclic) bond motifs is 1. The Bertz CT molecular complexity index is 1080. The molecule has 0 fully saturated rings. The van der Waals surface area contributed by atoms with Crippen LogP contribution in [-0.4, -0.2) is 11.8 Å². The van der Waals surface area contributed by atoms with E-state index in [1.165, 1.54) is 17.8 Å². The fourth-order valence-corrected chi connectivity index (χ4v) is 3.94. The van der Waals surface area contributed by atoms with Crippen LogP contribution < -0.4 is 5.11 Å². The largest absolute Gasteiger partial charge is 0.545 e. The third-order valence-corrected chi connectivity index (χ3v) is 5.28. The zero-order valence-corrected chi connectivity index (χ0v) is 14.8. The number of hydrogen-bond acceptors (Lipinski definition) is 5. The zero-order valence-electron chi connectivity index (χ0n) is 13.2. The number of halogens is 1. The fraction of sp³-hybridized carbons (Fsp3) is 0. The number of benzene rings is 2. The molecule has 1 aliphatic heterocycles. The molecule has 0 atom stereocenters. The summed E-state index contributed by atoms with van der Waals surface area (Å²) >= 11 is 7.24. The summed E-state index contributed by atoms with van der Waals surface area (Å²) in [6.07, 6.45) is 1.66. The zero-order chi connectivity index (χ0) is 18.3. The summed E-state index contributed by atoms with van der Waals surface area (Å²) in [5.41, 5.74) is 0.991. The molecule has 0 amide bonds. The maximum absolute atomic E-state index is 12.4. The Hall–Kier alpha value is -2.76. The molecule has 2 aromatic carbocycles. The van der Waals surface area contributed by atoms with Crippen molar-refractivity contribution in [1.82, 2.24) is 0 Å². The van der Waals surface area contributed by atoms with Gasteiger partial charge in [0.2, 0.25) is 5.78 Å². The van der Waals surface area contributed by atoms with Gasteiger partial charge < -0.3 is 14.3 Å². The summed E-state index contributed by atoms with van der Waals surface area (Å²) in [4.78, 5) is 25.2. The summed E-state index contributed by atoms with van der Waals surface area (Å²) in [5.74, 6) is -0.565. The number of carboxylic acids is 1. The minimum atomic E-state index is -1.34. The third-order valence-electron chi connectivity index (χ3n) is 3.94. The lowest BCUT2D eigenvalue weighted by molar-refractivity contribution is -0.254. The SMILES string of the molecule is O=C1/C(=C/c2ccc(-c3ccc(Cl)cc3C(=O)[O-])o2)Sc2ccccc21. The molecule has 4 nitrogen and oxygen atoms in total. The van der Waals surface area contributed by atoms with Crippen LogP contribution in [0.3, 0.4) is 0 Å². The van der Waals surface area contributed by atoms with E-state index in [1.807, 2.05) is 18.2 Å². The number of allylic oxidation sites excluding steroid dienone is 1. The molecule has 0 bridgehead atoms. The number of thioether (sulfide) groups is 1. The molecule has 3 aromatic rings. The number of carbonyl (C=O) groups excluding carboxylic acids is 2. The average Bonchev–Trinajstić information content (AvgIpc) is 3.21. The number of hydrogen-bond donors (Lipinski definition) is 0. The Kier molecular flexibility index (Phi) is 4.18. The number of ketones is 1. The highest BCUT2D eigenvalue weighted by Gasteiger charge is 2.25. The van der Waals surface area contributed by atoms with E-state index >= 15 is 0 Å². The first kappa shape index (κ1) is 16.7. The predicted octanol–water partition coefficient (Wildman–Crippen LogP) is 4.29. The Balaban J connectivity index is 1.69. The highest BCUT2D eigenvalue weighted by atomic mass is 35.5. The van der Waals surface area contributed by atoms with E-state index in [0.717, 1.165) is 4.90 Å². The Morgan fingerprint density at radius 1 is 1.08 bits per heavy atom. The van der Waals surface area contributed by atoms with Crippen molar-refractivity contribution in [2.75, 3.05) is 0 Å². The molecular weight excluding hydrogens is 372 g/mol. The van der Waals surface area contributed by atoms with Gasteiger partial charge in [-0.2, -0.15) is 0 Å². The van der Waals surface area contributed by atoms with Crippen molar-refractivity contribution < 1.29 is 19.1 Å². The average molecular weight is 382 g/mol. The molecule has 0 saturated heterocycles. The van der Waals surface area contributed by atoms with E-state index in [1.54, 1.807) is 36.4 Å². The minimum absolute atomic E-state index is 0.0505. The highest BCUT2D eigenvalue weighted by Crippen LogP contribution is 2.41. The van der Waals surface area contributed by atoms with E-state index in [4.69, 9.17) is 16.0 Å². The number of rotatable bonds is 3. The van der Waals surface area contributed by atoms with Gasteiger partial charge in [0.25, 0.3) is 0 Å². The lowest BCUT2D eigenvalue weighted by Gasteiger charge is -2.08. The topological polar surface area (TPSA) is 70.3 Å². The number of Topliss-reactive ketones (excluding diaryl/α,β-unsaturated/α-hetero) is 1. The van der Waals surface area contributed by atoms with Gasteiger partial charge >= 0.3 is 0 Å². The van der Waals surface area contributed by atoms with Crippen molar-refractivity contribution in [3.05, 3.63) is 81.4 Å². The number of furan rings is 1. The molecule has 0 spiro atoms. The standard InChI is InChI=1S/C20H11ClO4S/c21-11-5-7-13(15(9-11)20(23)24)16-8-6-12(25-16)10-18-19(22)14-3-1-2-4-17(14)26-18/h1-10H,(H,23,24)/p-1/b18-10-. The van der Waals surface area contributed by atoms with Crippen LogP contribution in [0.1, 0.15) is 26.5 Å². The van der Waals surface area contributed by atoms with Gasteiger partial charge in [-0.25, -0.2) is 0 Å². The van der Waals surface area contributed by atoms with Crippen LogP contribution in [0.2, 0.25) is 5.02 Å². The highest BCUT2D eigenvalue weighted by molar-refractivity contribution is 8.04. The lowest BCUT2D eigenvalue weighted by Crippen LogP contribution is -2.23. The van der Waals surface area contributed by atoms with Crippen LogP contribution in [0.5, 0.6) is 0 Å². The quantitative estimate of drug-likeness (QED) is 0.633. The van der Waals surface area contributed by atoms with Crippen molar-refractivity contribution in [2.45, 2.75) is 4.90 Å². The molecule has 1 aromatic heterocycles. The third kappa shape index (κ3) is 2.96. The second-order valence-electron chi connectivity index (χ2n) is 5.62. The van der Waals surface area contributed by atoms with Crippen molar-refractivity contribution in [2.24, 2.45) is 0 Å². The molecule has 0 saturated carbocycles. The van der Waals surface area contributed by atoms with Crippen LogP contribution in [0.25, 0.3) is 17.4 Å². The number of carboxylic acid groups (broad SMARTS) is 1. The van der Waals surface area contributed by atoms with Gasteiger partial charge in [-0.3, -0.25) is 4.79 Å². The molecule has 6 heteroatoms. The second-order valence-corrected chi connectivity index (χ2v) is 7.14. The molecular formula is C20H10ClO4S-. The number of aromatic carboxylic acids is 1. The molecule has 1 aliphatic rings. The van der Waals surface area contributed by atoms with E-state index < -0.39 is 5.97 Å². The lowest BCUT2D eigenvalue weighted by atomic mass is 10.1. The normalized spacial score (nSPS) is 14.7. The van der Waals surface area contributed by atoms with E-state index in [-0.39, 0.29) is 11.3 Å². The molecule has 0 aliphatic carbocycles. The van der Waals surface area contributed by atoms with Crippen molar-refractivity contribution >= 4 is 41.2 Å². The van der Waals surface area contributed by atoms with Crippen LogP contribution in [0.15, 0.2) is 68.8 Å². The minimum Gasteiger partial charge on any atom is -0.545 e. The van der Waals surface area contributed by atoms with Crippen LogP contribution >= 0.6 is 23.4 Å². The summed E-state index contributed by atoms with van der Waals surface area (Å²) in [5, 5.41) is 11.6. The molecule has 26 heavy (non-hydrogen) atoms. The molecule has 0 unspecified atom stereocenters. The fourth-order valence-electron chi connectivity index (χ4n) is 2.74. The van der Waals surface area contributed by atoms with Crippen molar-refractivity contribution in [3.63, 3.8) is 0 Å². The van der Waals surface area contributed by atoms with Gasteiger partial charge in [0, 0.05) is 26.6 Å². The summed E-state index contributed by atoms with van der Waals surface area (Å²) < 4.78 is 5.73. The van der Waals surface area contributed by atoms with E-state index in [2.05, 4.69) is 0 Å². The van der Waals surface area contributed by atoms with E-state index in [9.17, 15) is 14.7 Å². The Labute approximate surface area is 158 Å². The summed E-state index contributed by atoms with van der Waals surface area (Å²) in [7, 11) is 0. The molecule has 0 radical (unpaired) electrons. The van der Waals surface area contributed by atoms with Crippen LogP contribution in [0.4, 0.5) is 0 Å². The predicted molar refractivity (Wildman–Crippen MR) is 98.1 cm³/mol. The van der Waals surface area contributed by atoms with Crippen LogP contribution in [0, 0.1) is 0 Å². The first-order valence-electron chi connectivity index (χ1n) is 7.67. The Morgan fingerprint density at radius 2 is 1.88 bits per heavy atom. The van der Waals surface area contributed by atoms with Gasteiger partial charge in [-0.1, -0.05) is 35.5 Å². The summed E-state index contributed by atoms with van der Waals surface area (Å²) in [6, 6.07) is 15.2.